The first-order valence-corrected chi connectivity index (χ1v) is 6.39. The number of benzene rings is 1. The first kappa shape index (κ1) is 11.6. The summed E-state index contributed by atoms with van der Waals surface area (Å²) in [6.45, 7) is 4.39. The van der Waals surface area contributed by atoms with Gasteiger partial charge in [-0.3, -0.25) is 4.90 Å². The third kappa shape index (κ3) is 3.32. The molecule has 1 aliphatic heterocycles. The quantitative estimate of drug-likeness (QED) is 0.839. The van der Waals surface area contributed by atoms with Gasteiger partial charge in [-0.15, -0.1) is 0 Å². The van der Waals surface area contributed by atoms with Gasteiger partial charge in [0, 0.05) is 6.54 Å². The Balaban J connectivity index is 1.88. The van der Waals surface area contributed by atoms with Crippen molar-refractivity contribution in [1.29, 1.82) is 0 Å². The molecule has 0 unspecified atom stereocenters. The Hall–Kier alpha value is -0.860. The Labute approximate surface area is 98.4 Å². The molecular weight excluding hydrogens is 196 g/mol. The summed E-state index contributed by atoms with van der Waals surface area (Å²) in [6.07, 6.45) is 5.13. The fourth-order valence-corrected chi connectivity index (χ4v) is 2.35. The molecular formula is C14H22N2. The maximum Gasteiger partial charge on any atom is 0.0233 e. The van der Waals surface area contributed by atoms with Crippen molar-refractivity contribution < 1.29 is 0 Å². The van der Waals surface area contributed by atoms with E-state index in [1.165, 1.54) is 43.5 Å². The molecule has 2 N–H and O–H groups in total. The van der Waals surface area contributed by atoms with Crippen molar-refractivity contribution in [3.8, 4) is 0 Å². The summed E-state index contributed by atoms with van der Waals surface area (Å²) in [5.41, 5.74) is 8.32. The largest absolute Gasteiger partial charge is 0.330 e. The second-order valence-electron chi connectivity index (χ2n) is 4.69. The zero-order valence-corrected chi connectivity index (χ0v) is 9.99. The number of hydrogen-bond donors (Lipinski definition) is 1. The molecule has 1 aromatic carbocycles. The number of rotatable bonds is 4. The second kappa shape index (κ2) is 6.02. The van der Waals surface area contributed by atoms with Gasteiger partial charge in [-0.2, -0.15) is 0 Å². The summed E-state index contributed by atoms with van der Waals surface area (Å²) in [5, 5.41) is 0. The van der Waals surface area contributed by atoms with Crippen molar-refractivity contribution in [2.24, 2.45) is 5.73 Å². The molecule has 0 radical (unpaired) electrons. The summed E-state index contributed by atoms with van der Waals surface area (Å²) in [4.78, 5) is 2.56. The smallest absolute Gasteiger partial charge is 0.0233 e. The Kier molecular flexibility index (Phi) is 4.37. The zero-order valence-electron chi connectivity index (χ0n) is 9.99. The highest BCUT2D eigenvalue weighted by Gasteiger charge is 2.09. The summed E-state index contributed by atoms with van der Waals surface area (Å²) in [6, 6.07) is 8.93. The van der Waals surface area contributed by atoms with E-state index in [1.54, 1.807) is 0 Å². The molecule has 0 saturated carbocycles. The minimum absolute atomic E-state index is 0.742. The van der Waals surface area contributed by atoms with Crippen LogP contribution in [0.1, 0.15) is 30.4 Å². The van der Waals surface area contributed by atoms with Gasteiger partial charge in [-0.05, 0) is 50.0 Å². The van der Waals surface area contributed by atoms with Gasteiger partial charge in [0.15, 0.2) is 0 Å². The predicted molar refractivity (Wildman–Crippen MR) is 68.3 cm³/mol. The highest BCUT2D eigenvalue weighted by atomic mass is 15.1. The molecule has 2 rings (SSSR count). The van der Waals surface area contributed by atoms with Crippen LogP contribution in [-0.2, 0) is 13.0 Å². The lowest BCUT2D eigenvalue weighted by atomic mass is 10.1. The van der Waals surface area contributed by atoms with Crippen LogP contribution >= 0.6 is 0 Å². The Morgan fingerprint density at radius 3 is 2.19 bits per heavy atom. The lowest BCUT2D eigenvalue weighted by molar-refractivity contribution is 0.221. The van der Waals surface area contributed by atoms with Crippen LogP contribution in [0.25, 0.3) is 0 Å². The standard InChI is InChI=1S/C14H22N2/c15-9-8-13-4-6-14(7-5-13)12-16-10-2-1-3-11-16/h4-7H,1-3,8-12,15H2. The molecule has 1 aliphatic rings. The van der Waals surface area contributed by atoms with E-state index < -0.39 is 0 Å². The fourth-order valence-electron chi connectivity index (χ4n) is 2.35. The lowest BCUT2D eigenvalue weighted by Crippen LogP contribution is -2.29. The summed E-state index contributed by atoms with van der Waals surface area (Å²) >= 11 is 0. The van der Waals surface area contributed by atoms with Crippen molar-refractivity contribution in [2.45, 2.75) is 32.2 Å². The molecule has 0 bridgehead atoms. The van der Waals surface area contributed by atoms with Crippen LogP contribution in [0.2, 0.25) is 0 Å². The normalized spacial score (nSPS) is 17.6. The van der Waals surface area contributed by atoms with Crippen LogP contribution in [0.15, 0.2) is 24.3 Å². The zero-order chi connectivity index (χ0) is 11.2. The molecule has 88 valence electrons. The van der Waals surface area contributed by atoms with E-state index in [2.05, 4.69) is 29.2 Å². The van der Waals surface area contributed by atoms with Crippen molar-refractivity contribution in [3.05, 3.63) is 35.4 Å². The molecule has 0 amide bonds. The Bertz CT molecular complexity index is 299. The van der Waals surface area contributed by atoms with Gasteiger partial charge in [0.2, 0.25) is 0 Å². The fraction of sp³-hybridized carbons (Fsp3) is 0.571. The van der Waals surface area contributed by atoms with Gasteiger partial charge < -0.3 is 5.73 Å². The molecule has 1 saturated heterocycles. The monoisotopic (exact) mass is 218 g/mol. The molecule has 16 heavy (non-hydrogen) atoms. The van der Waals surface area contributed by atoms with E-state index in [0.717, 1.165) is 19.5 Å². The lowest BCUT2D eigenvalue weighted by Gasteiger charge is -2.26. The maximum atomic E-state index is 5.54. The number of hydrogen-bond acceptors (Lipinski definition) is 2. The van der Waals surface area contributed by atoms with E-state index in [4.69, 9.17) is 5.73 Å². The van der Waals surface area contributed by atoms with Crippen LogP contribution in [0, 0.1) is 0 Å². The summed E-state index contributed by atoms with van der Waals surface area (Å²) in [7, 11) is 0. The molecule has 0 aromatic heterocycles. The maximum absolute atomic E-state index is 5.54. The third-order valence-electron chi connectivity index (χ3n) is 3.31. The van der Waals surface area contributed by atoms with Crippen LogP contribution in [0.4, 0.5) is 0 Å². The minimum Gasteiger partial charge on any atom is -0.330 e. The van der Waals surface area contributed by atoms with E-state index in [-0.39, 0.29) is 0 Å². The van der Waals surface area contributed by atoms with Crippen molar-refractivity contribution >= 4 is 0 Å². The minimum atomic E-state index is 0.742. The molecule has 2 heteroatoms. The van der Waals surface area contributed by atoms with Gasteiger partial charge in [0.05, 0.1) is 0 Å². The van der Waals surface area contributed by atoms with Crippen LogP contribution in [0.5, 0.6) is 0 Å². The highest BCUT2D eigenvalue weighted by molar-refractivity contribution is 5.22. The predicted octanol–water partition coefficient (Wildman–Crippen LogP) is 2.17. The van der Waals surface area contributed by atoms with Gasteiger partial charge >= 0.3 is 0 Å². The molecule has 1 heterocycles. The Morgan fingerprint density at radius 2 is 1.56 bits per heavy atom. The van der Waals surface area contributed by atoms with Crippen LogP contribution in [-0.4, -0.2) is 24.5 Å². The number of piperidine rings is 1. The topological polar surface area (TPSA) is 29.3 Å². The molecule has 0 spiro atoms. The summed E-state index contributed by atoms with van der Waals surface area (Å²) < 4.78 is 0. The van der Waals surface area contributed by atoms with Crippen LogP contribution in [0.3, 0.4) is 0 Å². The number of likely N-dealkylation sites (tertiary alicyclic amines) is 1. The van der Waals surface area contributed by atoms with E-state index >= 15 is 0 Å². The first-order valence-electron chi connectivity index (χ1n) is 6.39. The molecule has 0 aliphatic carbocycles. The number of nitrogens with zero attached hydrogens (tertiary/aromatic N) is 1. The van der Waals surface area contributed by atoms with E-state index in [9.17, 15) is 0 Å². The third-order valence-corrected chi connectivity index (χ3v) is 3.31. The Morgan fingerprint density at radius 1 is 0.938 bits per heavy atom. The SMILES string of the molecule is NCCc1ccc(CN2CCCCC2)cc1. The molecule has 1 fully saturated rings. The molecule has 2 nitrogen and oxygen atoms in total. The molecule has 0 atom stereocenters. The van der Waals surface area contributed by atoms with E-state index in [0.29, 0.717) is 0 Å². The number of nitrogens with two attached hydrogens (primary N) is 1. The summed E-state index contributed by atoms with van der Waals surface area (Å²) in [5.74, 6) is 0. The van der Waals surface area contributed by atoms with Crippen molar-refractivity contribution in [1.82, 2.24) is 4.90 Å². The average Bonchev–Trinajstić information content (AvgIpc) is 2.33. The second-order valence-corrected chi connectivity index (χ2v) is 4.69. The van der Waals surface area contributed by atoms with Crippen molar-refractivity contribution in [2.75, 3.05) is 19.6 Å². The highest BCUT2D eigenvalue weighted by Crippen LogP contribution is 2.13. The van der Waals surface area contributed by atoms with Gasteiger partial charge in [0.1, 0.15) is 0 Å². The van der Waals surface area contributed by atoms with Gasteiger partial charge in [0.25, 0.3) is 0 Å². The van der Waals surface area contributed by atoms with Gasteiger partial charge in [-0.1, -0.05) is 30.7 Å². The van der Waals surface area contributed by atoms with Crippen molar-refractivity contribution in [3.63, 3.8) is 0 Å². The molecule has 1 aromatic rings. The first-order chi connectivity index (χ1) is 7.88. The van der Waals surface area contributed by atoms with Crippen LogP contribution < -0.4 is 5.73 Å². The van der Waals surface area contributed by atoms with Gasteiger partial charge in [-0.25, -0.2) is 0 Å². The van der Waals surface area contributed by atoms with E-state index in [1.807, 2.05) is 0 Å². The average molecular weight is 218 g/mol.